The van der Waals surface area contributed by atoms with E-state index in [2.05, 4.69) is 17.0 Å². The van der Waals surface area contributed by atoms with E-state index < -0.39 is 5.60 Å². The molecule has 1 aromatic rings. The molecule has 0 bridgehead atoms. The van der Waals surface area contributed by atoms with Gasteiger partial charge in [0.2, 0.25) is 0 Å². The molecule has 0 aliphatic heterocycles. The zero-order chi connectivity index (χ0) is 12.5. The van der Waals surface area contributed by atoms with Crippen LogP contribution in [0.5, 0.6) is 5.75 Å². The van der Waals surface area contributed by atoms with Gasteiger partial charge < -0.3 is 14.7 Å². The smallest absolute Gasteiger partial charge is 0.119 e. The van der Waals surface area contributed by atoms with Crippen LogP contribution >= 0.6 is 0 Å². The first kappa shape index (κ1) is 12.4. The number of hydrogen-bond acceptors (Lipinski definition) is 3. The maximum absolute atomic E-state index is 9.97. The van der Waals surface area contributed by atoms with Gasteiger partial charge in [-0.25, -0.2) is 0 Å². The fraction of sp³-hybridized carbons (Fsp3) is 0.571. The van der Waals surface area contributed by atoms with Gasteiger partial charge in [0, 0.05) is 13.0 Å². The molecule has 17 heavy (non-hydrogen) atoms. The lowest BCUT2D eigenvalue weighted by Gasteiger charge is -2.14. The van der Waals surface area contributed by atoms with Gasteiger partial charge in [0.15, 0.2) is 0 Å². The maximum atomic E-state index is 9.97. The van der Waals surface area contributed by atoms with Gasteiger partial charge in [0.1, 0.15) is 5.75 Å². The van der Waals surface area contributed by atoms with Gasteiger partial charge in [-0.15, -0.1) is 0 Å². The molecule has 1 N–H and O–H groups in total. The average molecular weight is 235 g/mol. The number of aliphatic hydroxyl groups is 1. The lowest BCUT2D eigenvalue weighted by molar-refractivity contribution is 0.151. The summed E-state index contributed by atoms with van der Waals surface area (Å²) in [6, 6.07) is 6.24. The molecule has 0 saturated heterocycles. The number of nitrogens with zero attached hydrogens (tertiary/aromatic N) is 1. The van der Waals surface area contributed by atoms with Crippen molar-refractivity contribution in [1.29, 1.82) is 0 Å². The van der Waals surface area contributed by atoms with Crippen molar-refractivity contribution in [2.45, 2.75) is 31.4 Å². The summed E-state index contributed by atoms with van der Waals surface area (Å²) >= 11 is 0. The summed E-state index contributed by atoms with van der Waals surface area (Å²) in [6.45, 7) is 0.891. The summed E-state index contributed by atoms with van der Waals surface area (Å²) in [5.41, 5.74) is 1.96. The molecule has 1 aromatic carbocycles. The van der Waals surface area contributed by atoms with Crippen LogP contribution < -0.4 is 4.74 Å². The van der Waals surface area contributed by atoms with Gasteiger partial charge in [0.05, 0.1) is 12.7 Å². The highest BCUT2D eigenvalue weighted by atomic mass is 16.5. The van der Waals surface area contributed by atoms with Crippen molar-refractivity contribution in [2.24, 2.45) is 0 Å². The normalized spacial score (nSPS) is 17.2. The fourth-order valence-electron chi connectivity index (χ4n) is 2.11. The Kier molecular flexibility index (Phi) is 3.40. The first-order valence-electron chi connectivity index (χ1n) is 6.05. The SMILES string of the molecule is COc1cc(CN(C)C)cc(CC2(O)CC2)c1. The molecule has 2 rings (SSSR count). The molecule has 3 heteroatoms. The predicted molar refractivity (Wildman–Crippen MR) is 68.3 cm³/mol. The Hall–Kier alpha value is -1.06. The van der Waals surface area contributed by atoms with Crippen molar-refractivity contribution in [3.63, 3.8) is 0 Å². The number of ether oxygens (including phenoxy) is 1. The molecule has 0 heterocycles. The zero-order valence-corrected chi connectivity index (χ0v) is 10.9. The van der Waals surface area contributed by atoms with Crippen molar-refractivity contribution in [3.8, 4) is 5.75 Å². The maximum Gasteiger partial charge on any atom is 0.119 e. The van der Waals surface area contributed by atoms with E-state index in [0.29, 0.717) is 0 Å². The Morgan fingerprint density at radius 3 is 2.41 bits per heavy atom. The van der Waals surface area contributed by atoms with E-state index in [4.69, 9.17) is 4.74 Å². The summed E-state index contributed by atoms with van der Waals surface area (Å²) in [5, 5.41) is 9.97. The lowest BCUT2D eigenvalue weighted by atomic mass is 10.0. The Bertz CT molecular complexity index is 397. The molecule has 1 fully saturated rings. The molecule has 1 aliphatic carbocycles. The standard InChI is InChI=1S/C14H21NO2/c1-15(2)10-12-6-11(7-13(8-12)17-3)9-14(16)4-5-14/h6-8,16H,4-5,9-10H2,1-3H3. The number of benzene rings is 1. The Morgan fingerprint density at radius 1 is 1.24 bits per heavy atom. The number of rotatable bonds is 5. The molecular weight excluding hydrogens is 214 g/mol. The van der Waals surface area contributed by atoms with Gasteiger partial charge in [-0.3, -0.25) is 0 Å². The van der Waals surface area contributed by atoms with Crippen LogP contribution in [0.15, 0.2) is 18.2 Å². The number of hydrogen-bond donors (Lipinski definition) is 1. The highest BCUT2D eigenvalue weighted by molar-refractivity contribution is 5.35. The van der Waals surface area contributed by atoms with Crippen LogP contribution in [0.25, 0.3) is 0 Å². The highest BCUT2D eigenvalue weighted by Crippen LogP contribution is 2.38. The van der Waals surface area contributed by atoms with Crippen molar-refractivity contribution < 1.29 is 9.84 Å². The van der Waals surface area contributed by atoms with E-state index in [0.717, 1.165) is 31.6 Å². The highest BCUT2D eigenvalue weighted by Gasteiger charge is 2.40. The molecule has 0 aromatic heterocycles. The quantitative estimate of drug-likeness (QED) is 0.845. The second-order valence-electron chi connectivity index (χ2n) is 5.33. The van der Waals surface area contributed by atoms with Crippen LogP contribution in [0.3, 0.4) is 0 Å². The van der Waals surface area contributed by atoms with Gasteiger partial charge in [0.25, 0.3) is 0 Å². The van der Waals surface area contributed by atoms with E-state index >= 15 is 0 Å². The second-order valence-corrected chi connectivity index (χ2v) is 5.33. The molecule has 94 valence electrons. The Labute approximate surface area is 103 Å². The van der Waals surface area contributed by atoms with Crippen molar-refractivity contribution in [1.82, 2.24) is 4.90 Å². The first-order chi connectivity index (χ1) is 8.00. The average Bonchev–Trinajstić information content (AvgIpc) is 2.94. The Balaban J connectivity index is 2.18. The Morgan fingerprint density at radius 2 is 1.88 bits per heavy atom. The van der Waals surface area contributed by atoms with Crippen LogP contribution in [-0.4, -0.2) is 36.8 Å². The van der Waals surface area contributed by atoms with Crippen LogP contribution in [0.2, 0.25) is 0 Å². The fourth-order valence-corrected chi connectivity index (χ4v) is 2.11. The van der Waals surface area contributed by atoms with Crippen molar-refractivity contribution in [3.05, 3.63) is 29.3 Å². The molecule has 0 unspecified atom stereocenters. The van der Waals surface area contributed by atoms with Gasteiger partial charge in [-0.1, -0.05) is 6.07 Å². The zero-order valence-electron chi connectivity index (χ0n) is 10.9. The van der Waals surface area contributed by atoms with E-state index in [-0.39, 0.29) is 0 Å². The largest absolute Gasteiger partial charge is 0.497 e. The third kappa shape index (κ3) is 3.45. The third-order valence-corrected chi connectivity index (χ3v) is 3.12. The van der Waals surface area contributed by atoms with Gasteiger partial charge in [-0.2, -0.15) is 0 Å². The summed E-state index contributed by atoms with van der Waals surface area (Å²) in [5.74, 6) is 0.878. The summed E-state index contributed by atoms with van der Waals surface area (Å²) in [6.07, 6.45) is 2.59. The summed E-state index contributed by atoms with van der Waals surface area (Å²) < 4.78 is 5.31. The minimum absolute atomic E-state index is 0.443. The van der Waals surface area contributed by atoms with E-state index in [1.54, 1.807) is 7.11 Å². The second kappa shape index (κ2) is 4.67. The molecular formula is C14H21NO2. The van der Waals surface area contributed by atoms with Gasteiger partial charge >= 0.3 is 0 Å². The molecule has 0 amide bonds. The minimum atomic E-state index is -0.443. The van der Waals surface area contributed by atoms with Crippen LogP contribution in [0.1, 0.15) is 24.0 Å². The van der Waals surface area contributed by atoms with Crippen molar-refractivity contribution in [2.75, 3.05) is 21.2 Å². The molecule has 1 aliphatic rings. The third-order valence-electron chi connectivity index (χ3n) is 3.12. The van der Waals surface area contributed by atoms with E-state index in [1.165, 1.54) is 11.1 Å². The molecule has 3 nitrogen and oxygen atoms in total. The van der Waals surface area contributed by atoms with E-state index in [9.17, 15) is 5.11 Å². The van der Waals surface area contributed by atoms with Crippen LogP contribution in [-0.2, 0) is 13.0 Å². The topological polar surface area (TPSA) is 32.7 Å². The molecule has 1 saturated carbocycles. The molecule has 0 radical (unpaired) electrons. The monoisotopic (exact) mass is 235 g/mol. The lowest BCUT2D eigenvalue weighted by Crippen LogP contribution is -2.13. The minimum Gasteiger partial charge on any atom is -0.497 e. The summed E-state index contributed by atoms with van der Waals surface area (Å²) in [4.78, 5) is 2.13. The van der Waals surface area contributed by atoms with Gasteiger partial charge in [-0.05, 0) is 50.2 Å². The summed E-state index contributed by atoms with van der Waals surface area (Å²) in [7, 11) is 5.78. The van der Waals surface area contributed by atoms with E-state index in [1.807, 2.05) is 20.2 Å². The van der Waals surface area contributed by atoms with Crippen LogP contribution in [0, 0.1) is 0 Å². The molecule has 0 atom stereocenters. The number of methoxy groups -OCH3 is 1. The van der Waals surface area contributed by atoms with Crippen LogP contribution in [0.4, 0.5) is 0 Å². The first-order valence-corrected chi connectivity index (χ1v) is 6.05. The molecule has 0 spiro atoms. The van der Waals surface area contributed by atoms with Crippen molar-refractivity contribution >= 4 is 0 Å². The predicted octanol–water partition coefficient (Wildman–Crippen LogP) is 1.82.